The Morgan fingerprint density at radius 3 is 2.67 bits per heavy atom. The highest BCUT2D eigenvalue weighted by atomic mass is 32.2. The first-order valence-electron chi connectivity index (χ1n) is 17.1. The van der Waals surface area contributed by atoms with Crippen LogP contribution in [0.3, 0.4) is 0 Å². The quantitative estimate of drug-likeness (QED) is 0.368. The van der Waals surface area contributed by atoms with Crippen LogP contribution in [0.5, 0.6) is 5.75 Å². The number of aryl methyl sites for hydroxylation is 1. The van der Waals surface area contributed by atoms with Crippen molar-refractivity contribution in [3.63, 3.8) is 0 Å². The molecule has 12 heteroatoms. The normalized spacial score (nSPS) is 28.4. The molecule has 0 unspecified atom stereocenters. The van der Waals surface area contributed by atoms with Gasteiger partial charge in [-0.3, -0.25) is 19.1 Å². The number of carbonyl (C=O) groups is 3. The zero-order valence-electron chi connectivity index (χ0n) is 27.8. The molecule has 7 rings (SSSR count). The molecule has 11 nitrogen and oxygen atoms in total. The fraction of sp³-hybridized carbons (Fsp3) is 0.459. The van der Waals surface area contributed by atoms with Gasteiger partial charge in [0.25, 0.3) is 11.8 Å². The van der Waals surface area contributed by atoms with Crippen LogP contribution < -0.4 is 14.8 Å². The molecule has 2 aliphatic carbocycles. The first-order valence-corrected chi connectivity index (χ1v) is 18.7. The molecular weight excluding hydrogens is 644 g/mol. The lowest BCUT2D eigenvalue weighted by molar-refractivity contribution is -0.147. The Morgan fingerprint density at radius 1 is 1.10 bits per heavy atom. The zero-order valence-corrected chi connectivity index (χ0v) is 28.6. The molecule has 0 radical (unpaired) electrons. The van der Waals surface area contributed by atoms with E-state index in [-0.39, 0.29) is 31.2 Å². The number of amides is 3. The molecule has 2 saturated carbocycles. The molecule has 0 spiro atoms. The number of pyridine rings is 1. The van der Waals surface area contributed by atoms with Crippen molar-refractivity contribution in [1.29, 1.82) is 0 Å². The second kappa shape index (κ2) is 13.2. The van der Waals surface area contributed by atoms with Crippen LogP contribution in [0.15, 0.2) is 66.7 Å². The number of aromatic nitrogens is 1. The van der Waals surface area contributed by atoms with Crippen LogP contribution in [0.4, 0.5) is 0 Å². The summed E-state index contributed by atoms with van der Waals surface area (Å²) in [5.74, 6) is -1.39. The summed E-state index contributed by atoms with van der Waals surface area (Å²) >= 11 is 0. The van der Waals surface area contributed by atoms with Gasteiger partial charge in [0, 0.05) is 36.0 Å². The van der Waals surface area contributed by atoms with Crippen LogP contribution in [-0.2, 0) is 29.1 Å². The van der Waals surface area contributed by atoms with Crippen LogP contribution in [0.1, 0.15) is 57.4 Å². The molecule has 1 aromatic heterocycles. The van der Waals surface area contributed by atoms with Crippen molar-refractivity contribution in [3.05, 3.63) is 72.3 Å². The van der Waals surface area contributed by atoms with Crippen LogP contribution in [0, 0.1) is 12.8 Å². The van der Waals surface area contributed by atoms with Crippen molar-refractivity contribution in [2.45, 2.75) is 87.8 Å². The van der Waals surface area contributed by atoms with Crippen LogP contribution >= 0.6 is 0 Å². The summed E-state index contributed by atoms with van der Waals surface area (Å²) < 4.78 is 40.3. The maximum atomic E-state index is 14.2. The minimum absolute atomic E-state index is 0.125. The number of rotatable bonds is 6. The summed E-state index contributed by atoms with van der Waals surface area (Å²) in [6.07, 6.45) is 6.23. The minimum atomic E-state index is -3.83. The van der Waals surface area contributed by atoms with Crippen LogP contribution in [0.25, 0.3) is 22.2 Å². The molecule has 3 amide bonds. The summed E-state index contributed by atoms with van der Waals surface area (Å²) in [7, 11) is -3.83. The van der Waals surface area contributed by atoms with Gasteiger partial charge in [-0.25, -0.2) is 13.4 Å². The fourth-order valence-electron chi connectivity index (χ4n) is 6.93. The number of nitrogens with zero attached hydrogens (tertiary/aromatic N) is 2. The van der Waals surface area contributed by atoms with Crippen LogP contribution in [0.2, 0.25) is 0 Å². The Morgan fingerprint density at radius 2 is 1.90 bits per heavy atom. The Labute approximate surface area is 286 Å². The smallest absolute Gasteiger partial charge is 0.259 e. The number of sulfonamides is 1. The lowest BCUT2D eigenvalue weighted by Crippen LogP contribution is -2.57. The molecule has 4 aliphatic rings. The highest BCUT2D eigenvalue weighted by Gasteiger charge is 2.62. The van der Waals surface area contributed by atoms with E-state index in [2.05, 4.69) is 10.0 Å². The third-order valence-electron chi connectivity index (χ3n) is 10.0. The van der Waals surface area contributed by atoms with E-state index in [1.807, 2.05) is 73.7 Å². The zero-order chi connectivity index (χ0) is 34.3. The Balaban J connectivity index is 1.19. The van der Waals surface area contributed by atoms with Gasteiger partial charge in [-0.2, -0.15) is 0 Å². The summed E-state index contributed by atoms with van der Waals surface area (Å²) in [6.45, 7) is 4.19. The van der Waals surface area contributed by atoms with Gasteiger partial charge in [-0.05, 0) is 64.0 Å². The van der Waals surface area contributed by atoms with Crippen molar-refractivity contribution in [1.82, 2.24) is 19.9 Å². The van der Waals surface area contributed by atoms with Gasteiger partial charge in [0.2, 0.25) is 15.9 Å². The highest BCUT2D eigenvalue weighted by Crippen LogP contribution is 2.46. The van der Waals surface area contributed by atoms with E-state index in [1.54, 1.807) is 6.92 Å². The molecule has 5 atom stereocenters. The average molecular weight is 687 g/mol. The maximum Gasteiger partial charge on any atom is 0.259 e. The Kier molecular flexibility index (Phi) is 8.95. The van der Waals surface area contributed by atoms with E-state index in [9.17, 15) is 22.8 Å². The SMILES string of the molecule is Cc1cccc2c(O[C@@H]3C[C@H]4C(=O)N[C@]5(C(=O)NS(=O)(=O)C6CC6)C[C@H]5/C=C\CCCCO[C@H](C)C(=O)N4C3)cc(-c3ccccc3)nc12. The molecule has 2 aliphatic heterocycles. The van der Waals surface area contributed by atoms with Crippen molar-refractivity contribution in [2.24, 2.45) is 5.92 Å². The van der Waals surface area contributed by atoms with Crippen molar-refractivity contribution in [3.8, 4) is 17.0 Å². The molecular formula is C37H42N4O7S. The summed E-state index contributed by atoms with van der Waals surface area (Å²) in [4.78, 5) is 48.1. The summed E-state index contributed by atoms with van der Waals surface area (Å²) in [6, 6.07) is 16.6. The standard InChI is InChI=1S/C37H42N4O7S/c1-23-11-10-15-29-32(20-30(38-33(23)29)25-12-6-5-7-13-25)48-27-19-31-34(42)39-37(36(44)40-49(45,46)28-16-17-28)21-26(37)14-8-3-4-9-18-47-24(2)35(43)41(31)22-27/h5-8,10-15,20,24,26-28,31H,3-4,9,16-19,21-22H2,1-2H3,(H,39,42)(H,40,44)/b14-8-/t24-,26-,27-,31+,37-/m1/s1. The Bertz CT molecular complexity index is 1910. The summed E-state index contributed by atoms with van der Waals surface area (Å²) in [5, 5.41) is 3.14. The van der Waals surface area contributed by atoms with Crippen molar-refractivity contribution >= 4 is 38.6 Å². The van der Waals surface area contributed by atoms with Gasteiger partial charge in [0.1, 0.15) is 29.5 Å². The number of hydrogen-bond acceptors (Lipinski definition) is 8. The predicted octanol–water partition coefficient (Wildman–Crippen LogP) is 4.19. The lowest BCUT2D eigenvalue weighted by atomic mass is 10.1. The molecule has 1 saturated heterocycles. The largest absolute Gasteiger partial charge is 0.488 e. The number of carbonyl (C=O) groups excluding carboxylic acids is 3. The van der Waals surface area contributed by atoms with Gasteiger partial charge in [-0.15, -0.1) is 0 Å². The number of benzene rings is 2. The van der Waals surface area contributed by atoms with E-state index in [0.717, 1.165) is 47.0 Å². The molecule has 3 aromatic rings. The molecule has 0 bridgehead atoms. The van der Waals surface area contributed by atoms with E-state index >= 15 is 0 Å². The van der Waals surface area contributed by atoms with Crippen molar-refractivity contribution < 1.29 is 32.3 Å². The number of fused-ring (bicyclic) bond motifs is 3. The summed E-state index contributed by atoms with van der Waals surface area (Å²) in [5.41, 5.74) is 2.03. The number of allylic oxidation sites excluding steroid dienone is 1. The minimum Gasteiger partial charge on any atom is -0.488 e. The monoisotopic (exact) mass is 686 g/mol. The molecule has 258 valence electrons. The van der Waals surface area contributed by atoms with Gasteiger partial charge in [-0.1, -0.05) is 54.6 Å². The van der Waals surface area contributed by atoms with Gasteiger partial charge in [0.05, 0.1) is 23.0 Å². The third kappa shape index (κ3) is 6.81. The lowest BCUT2D eigenvalue weighted by Gasteiger charge is -2.28. The maximum absolute atomic E-state index is 14.2. The van der Waals surface area contributed by atoms with Gasteiger partial charge >= 0.3 is 0 Å². The number of nitrogens with one attached hydrogen (secondary N) is 2. The first kappa shape index (κ1) is 33.2. The predicted molar refractivity (Wildman–Crippen MR) is 184 cm³/mol. The van der Waals surface area contributed by atoms with Crippen LogP contribution in [-0.4, -0.2) is 78.2 Å². The average Bonchev–Trinajstić information content (AvgIpc) is 4.01. The molecule has 3 fully saturated rings. The second-order valence-corrected chi connectivity index (χ2v) is 15.7. The van der Waals surface area contributed by atoms with Gasteiger partial charge < -0.3 is 19.7 Å². The molecule has 3 heterocycles. The van der Waals surface area contributed by atoms with Crippen molar-refractivity contribution in [2.75, 3.05) is 13.2 Å². The number of ether oxygens (including phenoxy) is 2. The molecule has 2 N–H and O–H groups in total. The van der Waals surface area contributed by atoms with E-state index in [1.165, 1.54) is 4.90 Å². The third-order valence-corrected chi connectivity index (χ3v) is 11.8. The first-order chi connectivity index (χ1) is 23.6. The Hall–Kier alpha value is -4.29. The number of para-hydroxylation sites is 1. The van der Waals surface area contributed by atoms with E-state index in [4.69, 9.17) is 14.5 Å². The van der Waals surface area contributed by atoms with E-state index in [0.29, 0.717) is 25.2 Å². The van der Waals surface area contributed by atoms with Gasteiger partial charge in [0.15, 0.2) is 0 Å². The second-order valence-electron chi connectivity index (χ2n) is 13.7. The number of hydrogen-bond donors (Lipinski definition) is 2. The molecule has 49 heavy (non-hydrogen) atoms. The van der Waals surface area contributed by atoms with E-state index < -0.39 is 50.9 Å². The fourth-order valence-corrected chi connectivity index (χ4v) is 8.29. The molecule has 2 aromatic carbocycles. The topological polar surface area (TPSA) is 144 Å². The highest BCUT2D eigenvalue weighted by molar-refractivity contribution is 7.91.